The van der Waals surface area contributed by atoms with Gasteiger partial charge in [-0.2, -0.15) is 0 Å². The lowest BCUT2D eigenvalue weighted by atomic mass is 9.61. The van der Waals surface area contributed by atoms with Gasteiger partial charge in [0, 0.05) is 12.5 Å². The van der Waals surface area contributed by atoms with Gasteiger partial charge in [-0.3, -0.25) is 5.26 Å². The molecule has 2 aliphatic rings. The molecule has 2 amide bonds. The number of ether oxygens (including phenoxy) is 3. The van der Waals surface area contributed by atoms with Crippen molar-refractivity contribution in [3.63, 3.8) is 0 Å². The molecule has 1 spiro atoms. The molecule has 1 saturated heterocycles. The average molecular weight is 556 g/mol. The Labute approximate surface area is 234 Å². The van der Waals surface area contributed by atoms with Gasteiger partial charge in [-0.05, 0) is 70.3 Å². The predicted molar refractivity (Wildman–Crippen MR) is 150 cm³/mol. The maximum atomic E-state index is 12.9. The van der Waals surface area contributed by atoms with Gasteiger partial charge < -0.3 is 30.6 Å². The van der Waals surface area contributed by atoms with Gasteiger partial charge in [0.1, 0.15) is 18.8 Å². The van der Waals surface area contributed by atoms with Crippen LogP contribution in [0.2, 0.25) is 0 Å². The predicted octanol–water partition coefficient (Wildman–Crippen LogP) is 5.16. The van der Waals surface area contributed by atoms with Crippen LogP contribution in [0.1, 0.15) is 92.9 Å². The first kappa shape index (κ1) is 33.3. The molecule has 1 heterocycles. The van der Waals surface area contributed by atoms with Gasteiger partial charge >= 0.3 is 12.2 Å². The molecule has 3 unspecified atom stereocenters. The SMILES string of the molecule is CC(C)=CCCC(C)(C)C1C(OO)C(OC(=O)N[C@@H](COC(=O)NCCCCCCN)C(C)C)CC[C@]12CO2. The van der Waals surface area contributed by atoms with Crippen molar-refractivity contribution in [2.24, 2.45) is 23.0 Å². The highest BCUT2D eigenvalue weighted by Gasteiger charge is 2.64. The molecule has 1 aliphatic heterocycles. The van der Waals surface area contributed by atoms with E-state index in [1.165, 1.54) is 5.57 Å². The third-order valence-corrected chi connectivity index (χ3v) is 8.09. The first-order valence-corrected chi connectivity index (χ1v) is 14.6. The largest absolute Gasteiger partial charge is 0.447 e. The summed E-state index contributed by atoms with van der Waals surface area (Å²) in [7, 11) is 0. The van der Waals surface area contributed by atoms with Crippen LogP contribution in [0.25, 0.3) is 0 Å². The maximum absolute atomic E-state index is 12.9. The summed E-state index contributed by atoms with van der Waals surface area (Å²) in [6, 6.07) is -0.431. The number of alkyl carbamates (subject to hydrolysis) is 2. The second-order valence-corrected chi connectivity index (χ2v) is 12.4. The minimum atomic E-state index is -0.710. The smallest absolute Gasteiger partial charge is 0.407 e. The maximum Gasteiger partial charge on any atom is 0.407 e. The van der Waals surface area contributed by atoms with Crippen molar-refractivity contribution in [3.05, 3.63) is 11.6 Å². The van der Waals surface area contributed by atoms with Gasteiger partial charge in [-0.25, -0.2) is 14.5 Å². The van der Waals surface area contributed by atoms with Crippen molar-refractivity contribution < 1.29 is 33.9 Å². The topological polar surface area (TPSA) is 145 Å². The third-order valence-electron chi connectivity index (χ3n) is 8.09. The van der Waals surface area contributed by atoms with E-state index >= 15 is 0 Å². The summed E-state index contributed by atoms with van der Waals surface area (Å²) in [6.45, 7) is 14.2. The zero-order chi connectivity index (χ0) is 29.1. The molecule has 0 aromatic carbocycles. The van der Waals surface area contributed by atoms with Gasteiger partial charge in [-0.1, -0.05) is 52.2 Å². The summed E-state index contributed by atoms with van der Waals surface area (Å²) in [6.07, 6.45) is 6.66. The molecule has 1 saturated carbocycles. The Balaban J connectivity index is 1.92. The Morgan fingerprint density at radius 3 is 2.46 bits per heavy atom. The van der Waals surface area contributed by atoms with E-state index in [1.54, 1.807) is 0 Å². The third kappa shape index (κ3) is 10.6. The molecule has 226 valence electrons. The average Bonchev–Trinajstić information content (AvgIpc) is 3.63. The molecule has 5 N–H and O–H groups in total. The van der Waals surface area contributed by atoms with Crippen LogP contribution in [0, 0.1) is 17.3 Å². The highest BCUT2D eigenvalue weighted by atomic mass is 17.1. The Bertz CT molecular complexity index is 794. The molecule has 10 heteroatoms. The molecular weight excluding hydrogens is 502 g/mol. The van der Waals surface area contributed by atoms with Crippen LogP contribution in [-0.4, -0.2) is 67.6 Å². The number of amides is 2. The molecule has 39 heavy (non-hydrogen) atoms. The lowest BCUT2D eigenvalue weighted by molar-refractivity contribution is -0.327. The summed E-state index contributed by atoms with van der Waals surface area (Å²) in [5, 5.41) is 15.6. The fraction of sp³-hybridized carbons (Fsp3) is 0.862. The van der Waals surface area contributed by atoms with E-state index in [0.717, 1.165) is 44.9 Å². The zero-order valence-electron chi connectivity index (χ0n) is 24.9. The number of nitrogens with two attached hydrogens (primary N) is 1. The second-order valence-electron chi connectivity index (χ2n) is 12.4. The van der Waals surface area contributed by atoms with E-state index in [0.29, 0.717) is 26.1 Å². The molecular formula is C29H53N3O7. The number of rotatable bonds is 16. The van der Waals surface area contributed by atoms with Crippen LogP contribution in [0.3, 0.4) is 0 Å². The molecule has 0 radical (unpaired) electrons. The van der Waals surface area contributed by atoms with Crippen molar-refractivity contribution in [2.45, 2.75) is 117 Å². The van der Waals surface area contributed by atoms with E-state index in [1.807, 2.05) is 13.8 Å². The van der Waals surface area contributed by atoms with E-state index in [-0.39, 0.29) is 29.5 Å². The first-order valence-electron chi connectivity index (χ1n) is 14.6. The number of epoxide rings is 1. The Morgan fingerprint density at radius 1 is 1.18 bits per heavy atom. The van der Waals surface area contributed by atoms with Gasteiger partial charge in [0.15, 0.2) is 0 Å². The monoisotopic (exact) mass is 555 g/mol. The van der Waals surface area contributed by atoms with E-state index in [2.05, 4.69) is 44.4 Å². The number of unbranched alkanes of at least 4 members (excludes halogenated alkanes) is 3. The molecule has 2 rings (SSSR count). The fourth-order valence-corrected chi connectivity index (χ4v) is 5.69. The quantitative estimate of drug-likeness (QED) is 0.0672. The summed E-state index contributed by atoms with van der Waals surface area (Å²) < 4.78 is 17.1. The summed E-state index contributed by atoms with van der Waals surface area (Å²) in [5.41, 5.74) is 6.18. The summed E-state index contributed by atoms with van der Waals surface area (Å²) >= 11 is 0. The van der Waals surface area contributed by atoms with Crippen LogP contribution in [0.15, 0.2) is 11.6 Å². The van der Waals surface area contributed by atoms with Crippen LogP contribution >= 0.6 is 0 Å². The van der Waals surface area contributed by atoms with Gasteiger partial charge in [0.05, 0.1) is 18.2 Å². The standard InChI is InChI=1S/C29H53N3O7/c1-20(2)12-11-14-28(5,6)25-24(39-35)23(13-15-29(25)19-37-29)38-27(34)32-22(21(3)4)18-36-26(33)31-17-10-8-7-9-16-30/h12,21-25,35H,7-11,13-19,30H2,1-6H3,(H,31,33)(H,32,34)/t22-,23?,24?,25?,29-/m0/s1. The van der Waals surface area contributed by atoms with Crippen LogP contribution in [-0.2, 0) is 19.1 Å². The van der Waals surface area contributed by atoms with Crippen LogP contribution < -0.4 is 16.4 Å². The van der Waals surface area contributed by atoms with Crippen molar-refractivity contribution in [3.8, 4) is 0 Å². The molecule has 10 nitrogen and oxygen atoms in total. The minimum absolute atomic E-state index is 0.00255. The van der Waals surface area contributed by atoms with E-state index in [9.17, 15) is 14.8 Å². The highest BCUT2D eigenvalue weighted by molar-refractivity contribution is 5.69. The number of allylic oxidation sites excluding steroid dienone is 2. The fourth-order valence-electron chi connectivity index (χ4n) is 5.69. The number of hydrogen-bond donors (Lipinski definition) is 4. The number of nitrogens with one attached hydrogen (secondary N) is 2. The molecule has 5 atom stereocenters. The normalized spacial score (nSPS) is 25.2. The Kier molecular flexibility index (Phi) is 13.5. The first-order chi connectivity index (χ1) is 18.5. The zero-order valence-corrected chi connectivity index (χ0v) is 24.9. The van der Waals surface area contributed by atoms with Crippen molar-refractivity contribution in [1.29, 1.82) is 0 Å². The van der Waals surface area contributed by atoms with Crippen LogP contribution in [0.4, 0.5) is 9.59 Å². The number of carbonyl (C=O) groups excluding carboxylic acids is 2. The Morgan fingerprint density at radius 2 is 1.87 bits per heavy atom. The summed E-state index contributed by atoms with van der Waals surface area (Å²) in [5.74, 6) is -0.141. The molecule has 0 aromatic rings. The molecule has 0 bridgehead atoms. The number of hydrogen-bond acceptors (Lipinski definition) is 8. The molecule has 2 fully saturated rings. The summed E-state index contributed by atoms with van der Waals surface area (Å²) in [4.78, 5) is 30.1. The second kappa shape index (κ2) is 15.8. The molecule has 1 aliphatic carbocycles. The highest BCUT2D eigenvalue weighted by Crippen LogP contribution is 2.55. The van der Waals surface area contributed by atoms with E-state index in [4.69, 9.17) is 24.8 Å². The van der Waals surface area contributed by atoms with Crippen molar-refractivity contribution in [1.82, 2.24) is 10.6 Å². The number of carbonyl (C=O) groups is 2. The van der Waals surface area contributed by atoms with Gasteiger partial charge in [-0.15, -0.1) is 0 Å². The van der Waals surface area contributed by atoms with Gasteiger partial charge in [0.2, 0.25) is 0 Å². The van der Waals surface area contributed by atoms with Crippen molar-refractivity contribution in [2.75, 3.05) is 26.3 Å². The van der Waals surface area contributed by atoms with E-state index < -0.39 is 30.4 Å². The molecule has 0 aromatic heterocycles. The van der Waals surface area contributed by atoms with Gasteiger partial charge in [0.25, 0.3) is 0 Å². The lowest BCUT2D eigenvalue weighted by Gasteiger charge is -2.47. The van der Waals surface area contributed by atoms with Crippen molar-refractivity contribution >= 4 is 12.2 Å². The lowest BCUT2D eigenvalue weighted by Crippen LogP contribution is -2.56. The minimum Gasteiger partial charge on any atom is -0.447 e. The Hall–Kier alpha value is -1.88. The van der Waals surface area contributed by atoms with Crippen LogP contribution in [0.5, 0.6) is 0 Å².